The van der Waals surface area contributed by atoms with Gasteiger partial charge < -0.3 is 11.5 Å². The molecular weight excluding hydrogens is 216 g/mol. The summed E-state index contributed by atoms with van der Waals surface area (Å²) in [7, 11) is -4.25. The highest BCUT2D eigenvalue weighted by molar-refractivity contribution is 7.86. The maximum absolute atomic E-state index is 11.2. The molecule has 15 heavy (non-hydrogen) atoms. The van der Waals surface area contributed by atoms with E-state index in [-0.39, 0.29) is 5.70 Å². The van der Waals surface area contributed by atoms with Gasteiger partial charge in [-0.05, 0) is 26.3 Å². The topological polar surface area (TPSA) is 106 Å². The van der Waals surface area contributed by atoms with E-state index in [4.69, 9.17) is 16.0 Å². The minimum Gasteiger partial charge on any atom is -0.400 e. The third-order valence-electron chi connectivity index (χ3n) is 2.71. The molecule has 2 unspecified atom stereocenters. The smallest absolute Gasteiger partial charge is 0.273 e. The lowest BCUT2D eigenvalue weighted by Crippen LogP contribution is -2.57. The Labute approximate surface area is 89.6 Å². The minimum absolute atomic E-state index is 0.288. The summed E-state index contributed by atoms with van der Waals surface area (Å²) in [6.45, 7) is 4.87. The van der Waals surface area contributed by atoms with Gasteiger partial charge in [0.1, 0.15) is 5.25 Å². The molecule has 2 atom stereocenters. The Balaban J connectivity index is 3.43. The molecule has 0 saturated carbocycles. The molecule has 0 fully saturated rings. The van der Waals surface area contributed by atoms with Crippen molar-refractivity contribution in [2.45, 2.75) is 31.6 Å². The van der Waals surface area contributed by atoms with Gasteiger partial charge in [0.15, 0.2) is 0 Å². The van der Waals surface area contributed by atoms with E-state index in [1.54, 1.807) is 19.9 Å². The third kappa shape index (κ3) is 1.92. The highest BCUT2D eigenvalue weighted by Gasteiger charge is 2.44. The molecule has 0 aromatic heterocycles. The number of nitrogens with two attached hydrogens (primary N) is 2. The Morgan fingerprint density at radius 3 is 2.33 bits per heavy atom. The van der Waals surface area contributed by atoms with Crippen LogP contribution in [0.25, 0.3) is 0 Å². The van der Waals surface area contributed by atoms with Gasteiger partial charge in [0, 0.05) is 5.70 Å². The molecule has 1 rings (SSSR count). The molecule has 5 N–H and O–H groups in total. The van der Waals surface area contributed by atoms with Crippen LogP contribution in [0.5, 0.6) is 0 Å². The summed E-state index contributed by atoms with van der Waals surface area (Å²) < 4.78 is 31.6. The monoisotopic (exact) mass is 232 g/mol. The summed E-state index contributed by atoms with van der Waals surface area (Å²) in [4.78, 5) is 0. The summed E-state index contributed by atoms with van der Waals surface area (Å²) in [6.07, 6.45) is 1.63. The Bertz CT molecular complexity index is 446. The van der Waals surface area contributed by atoms with E-state index in [0.717, 1.165) is 5.57 Å². The summed E-state index contributed by atoms with van der Waals surface area (Å²) in [5.41, 5.74) is 11.9. The summed E-state index contributed by atoms with van der Waals surface area (Å²) in [6, 6.07) is 0. The van der Waals surface area contributed by atoms with E-state index in [9.17, 15) is 8.42 Å². The van der Waals surface area contributed by atoms with Gasteiger partial charge in [0.05, 0.1) is 5.54 Å². The normalized spacial score (nSPS) is 32.9. The van der Waals surface area contributed by atoms with Gasteiger partial charge >= 0.3 is 0 Å². The largest absolute Gasteiger partial charge is 0.400 e. The average Bonchev–Trinajstić information content (AvgIpc) is 1.96. The zero-order valence-electron chi connectivity index (χ0n) is 8.98. The van der Waals surface area contributed by atoms with Crippen molar-refractivity contribution in [1.82, 2.24) is 0 Å². The maximum Gasteiger partial charge on any atom is 0.273 e. The summed E-state index contributed by atoms with van der Waals surface area (Å²) in [5, 5.41) is -1.17. The van der Waals surface area contributed by atoms with Gasteiger partial charge in [-0.2, -0.15) is 8.42 Å². The molecule has 0 heterocycles. The molecule has 0 spiro atoms. The molecule has 0 radical (unpaired) electrons. The van der Waals surface area contributed by atoms with Crippen LogP contribution >= 0.6 is 0 Å². The van der Waals surface area contributed by atoms with Crippen LogP contribution in [0.4, 0.5) is 0 Å². The van der Waals surface area contributed by atoms with Crippen molar-refractivity contribution in [3.05, 3.63) is 22.9 Å². The first kappa shape index (κ1) is 12.2. The lowest BCUT2D eigenvalue weighted by Gasteiger charge is -2.37. The summed E-state index contributed by atoms with van der Waals surface area (Å²) >= 11 is 0. The van der Waals surface area contributed by atoms with Crippen LogP contribution in [0.2, 0.25) is 0 Å². The zero-order chi connectivity index (χ0) is 12.0. The first-order valence-electron chi connectivity index (χ1n) is 4.48. The highest BCUT2D eigenvalue weighted by atomic mass is 32.2. The van der Waals surface area contributed by atoms with Gasteiger partial charge in [-0.1, -0.05) is 11.6 Å². The molecule has 0 bridgehead atoms. The predicted molar refractivity (Wildman–Crippen MR) is 58.6 cm³/mol. The summed E-state index contributed by atoms with van der Waals surface area (Å²) in [5.74, 6) is 0. The van der Waals surface area contributed by atoms with Crippen molar-refractivity contribution in [2.24, 2.45) is 11.5 Å². The van der Waals surface area contributed by atoms with Crippen molar-refractivity contribution < 1.29 is 13.0 Å². The molecule has 6 heteroatoms. The number of hydrogen-bond donors (Lipinski definition) is 3. The average molecular weight is 232 g/mol. The lowest BCUT2D eigenvalue weighted by molar-refractivity contribution is 0.433. The molecule has 1 aliphatic rings. The Hall–Kier alpha value is -0.850. The van der Waals surface area contributed by atoms with E-state index in [0.29, 0.717) is 5.57 Å². The minimum atomic E-state index is -4.25. The number of allylic oxidation sites excluding steroid dienone is 2. The fourth-order valence-electron chi connectivity index (χ4n) is 2.08. The molecular formula is C9H16N2O3S. The van der Waals surface area contributed by atoms with Gasteiger partial charge in [-0.25, -0.2) is 0 Å². The molecule has 0 saturated heterocycles. The van der Waals surface area contributed by atoms with Crippen LogP contribution in [0.15, 0.2) is 22.9 Å². The van der Waals surface area contributed by atoms with Crippen molar-refractivity contribution in [1.29, 1.82) is 0 Å². The first-order chi connectivity index (χ1) is 6.58. The predicted octanol–water partition coefficient (Wildman–Crippen LogP) is 0.153. The van der Waals surface area contributed by atoms with Crippen LogP contribution in [-0.4, -0.2) is 23.8 Å². The second-order valence-corrected chi connectivity index (χ2v) is 5.66. The Kier molecular flexibility index (Phi) is 2.71. The van der Waals surface area contributed by atoms with Crippen LogP contribution in [0.1, 0.15) is 20.8 Å². The molecule has 1 aliphatic carbocycles. The SMILES string of the molecule is CC1=CC(C)=C(N)C(C)(N)C1S(=O)(=O)O. The number of rotatable bonds is 1. The van der Waals surface area contributed by atoms with Crippen LogP contribution < -0.4 is 11.5 Å². The van der Waals surface area contributed by atoms with Crippen molar-refractivity contribution in [3.63, 3.8) is 0 Å². The van der Waals surface area contributed by atoms with E-state index >= 15 is 0 Å². The second kappa shape index (κ2) is 3.33. The van der Waals surface area contributed by atoms with E-state index < -0.39 is 20.9 Å². The molecule has 0 aliphatic heterocycles. The lowest BCUT2D eigenvalue weighted by atomic mass is 9.83. The van der Waals surface area contributed by atoms with E-state index in [1.165, 1.54) is 6.92 Å². The van der Waals surface area contributed by atoms with E-state index in [2.05, 4.69) is 0 Å². The van der Waals surface area contributed by atoms with Crippen LogP contribution in [-0.2, 0) is 10.1 Å². The highest BCUT2D eigenvalue weighted by Crippen LogP contribution is 2.32. The van der Waals surface area contributed by atoms with Crippen molar-refractivity contribution >= 4 is 10.1 Å². The van der Waals surface area contributed by atoms with Crippen LogP contribution in [0.3, 0.4) is 0 Å². The second-order valence-electron chi connectivity index (χ2n) is 4.16. The standard InChI is InChI=1S/C9H16N2O3S/c1-5-4-6(2)8(15(12,13)14)9(3,11)7(5)10/h4,8H,10-11H2,1-3H3,(H,12,13,14). The molecule has 5 nitrogen and oxygen atoms in total. The Morgan fingerprint density at radius 2 is 1.93 bits per heavy atom. The maximum atomic E-state index is 11.2. The Morgan fingerprint density at radius 1 is 1.47 bits per heavy atom. The number of hydrogen-bond acceptors (Lipinski definition) is 4. The third-order valence-corrected chi connectivity index (χ3v) is 4.16. The zero-order valence-corrected chi connectivity index (χ0v) is 9.80. The fraction of sp³-hybridized carbons (Fsp3) is 0.556. The van der Waals surface area contributed by atoms with Crippen LogP contribution in [0, 0.1) is 0 Å². The van der Waals surface area contributed by atoms with E-state index in [1.807, 2.05) is 0 Å². The molecule has 0 amide bonds. The molecule has 0 aromatic carbocycles. The molecule has 0 aromatic rings. The van der Waals surface area contributed by atoms with Gasteiger partial charge in [-0.15, -0.1) is 0 Å². The van der Waals surface area contributed by atoms with Crippen molar-refractivity contribution in [2.75, 3.05) is 0 Å². The van der Waals surface area contributed by atoms with Gasteiger partial charge in [0.2, 0.25) is 0 Å². The van der Waals surface area contributed by atoms with Crippen molar-refractivity contribution in [3.8, 4) is 0 Å². The van der Waals surface area contributed by atoms with Gasteiger partial charge in [-0.3, -0.25) is 4.55 Å². The first-order valence-corrected chi connectivity index (χ1v) is 5.99. The molecule has 86 valence electrons. The van der Waals surface area contributed by atoms with Gasteiger partial charge in [0.25, 0.3) is 10.1 Å². The fourth-order valence-corrected chi connectivity index (χ4v) is 3.36. The quantitative estimate of drug-likeness (QED) is 0.558.